The van der Waals surface area contributed by atoms with Gasteiger partial charge in [0.15, 0.2) is 0 Å². The summed E-state index contributed by atoms with van der Waals surface area (Å²) in [5.41, 5.74) is 0. The molecule has 0 bridgehead atoms. The smallest absolute Gasteiger partial charge is 0.241 e. The van der Waals surface area contributed by atoms with E-state index in [1.54, 1.807) is 0 Å². The number of piperidine rings is 1. The first-order valence-electron chi connectivity index (χ1n) is 8.78. The number of amides is 1. The van der Waals surface area contributed by atoms with E-state index in [9.17, 15) is 4.79 Å². The molecule has 1 N–H and O–H groups in total. The molecule has 2 unspecified atom stereocenters. The van der Waals surface area contributed by atoms with Crippen LogP contribution in [-0.2, 0) is 4.79 Å². The molecule has 0 saturated carbocycles. The fourth-order valence-corrected chi connectivity index (χ4v) is 3.67. The third-order valence-corrected chi connectivity index (χ3v) is 5.11. The van der Waals surface area contributed by atoms with Crippen molar-refractivity contribution in [2.45, 2.75) is 65.1 Å². The first-order chi connectivity index (χ1) is 10.0. The van der Waals surface area contributed by atoms with Gasteiger partial charge in [-0.05, 0) is 57.7 Å². The molecule has 2 aliphatic rings. The van der Waals surface area contributed by atoms with Crippen LogP contribution in [0, 0.1) is 11.8 Å². The fourth-order valence-electron chi connectivity index (χ4n) is 3.67. The highest BCUT2D eigenvalue weighted by atomic mass is 16.2. The van der Waals surface area contributed by atoms with Gasteiger partial charge in [-0.1, -0.05) is 27.2 Å². The van der Waals surface area contributed by atoms with Crippen LogP contribution in [-0.4, -0.2) is 54.6 Å². The van der Waals surface area contributed by atoms with Gasteiger partial charge in [-0.25, -0.2) is 0 Å². The van der Waals surface area contributed by atoms with E-state index in [0.717, 1.165) is 25.3 Å². The number of carbonyl (C=O) groups excluding carboxylic acids is 1. The summed E-state index contributed by atoms with van der Waals surface area (Å²) in [6, 6.07) is 0.0555. The second-order valence-corrected chi connectivity index (χ2v) is 7.26. The van der Waals surface area contributed by atoms with Crippen molar-refractivity contribution in [1.82, 2.24) is 15.1 Å². The minimum absolute atomic E-state index is 0.0555. The summed E-state index contributed by atoms with van der Waals surface area (Å²) in [4.78, 5) is 17.1. The maximum Gasteiger partial charge on any atom is 0.241 e. The Balaban J connectivity index is 1.88. The molecule has 0 spiro atoms. The highest BCUT2D eigenvalue weighted by molar-refractivity contribution is 5.84. The quantitative estimate of drug-likeness (QED) is 0.817. The SMILES string of the molecule is CCCC1NC(C(C)C)N(CCC2CCN(C)CC2)C1=O. The van der Waals surface area contributed by atoms with Gasteiger partial charge < -0.3 is 9.80 Å². The monoisotopic (exact) mass is 295 g/mol. The Morgan fingerprint density at radius 2 is 1.90 bits per heavy atom. The van der Waals surface area contributed by atoms with Crippen LogP contribution >= 0.6 is 0 Å². The van der Waals surface area contributed by atoms with Gasteiger partial charge in [-0.15, -0.1) is 0 Å². The number of rotatable bonds is 6. The molecule has 2 heterocycles. The van der Waals surface area contributed by atoms with E-state index in [4.69, 9.17) is 0 Å². The molecule has 2 rings (SSSR count). The van der Waals surface area contributed by atoms with Gasteiger partial charge in [0.2, 0.25) is 5.91 Å². The Kier molecular flexibility index (Phi) is 6.06. The predicted molar refractivity (Wildman–Crippen MR) is 87.0 cm³/mol. The lowest BCUT2D eigenvalue weighted by Crippen LogP contribution is -2.42. The van der Waals surface area contributed by atoms with Crippen LogP contribution in [0.3, 0.4) is 0 Å². The fraction of sp³-hybridized carbons (Fsp3) is 0.941. The lowest BCUT2D eigenvalue weighted by molar-refractivity contribution is -0.130. The Labute approximate surface area is 130 Å². The molecule has 2 atom stereocenters. The van der Waals surface area contributed by atoms with Gasteiger partial charge in [0.25, 0.3) is 0 Å². The van der Waals surface area contributed by atoms with Gasteiger partial charge in [0, 0.05) is 6.54 Å². The van der Waals surface area contributed by atoms with Crippen molar-refractivity contribution in [2.24, 2.45) is 11.8 Å². The second kappa shape index (κ2) is 7.59. The van der Waals surface area contributed by atoms with Crippen LogP contribution in [0.25, 0.3) is 0 Å². The molecule has 0 aromatic rings. The second-order valence-electron chi connectivity index (χ2n) is 7.26. The van der Waals surface area contributed by atoms with Crippen LogP contribution in [0.4, 0.5) is 0 Å². The minimum Gasteiger partial charge on any atom is -0.326 e. The summed E-state index contributed by atoms with van der Waals surface area (Å²) in [6.45, 7) is 9.93. The average Bonchev–Trinajstić information content (AvgIpc) is 2.76. The minimum atomic E-state index is 0.0555. The van der Waals surface area contributed by atoms with E-state index in [-0.39, 0.29) is 12.2 Å². The molecule has 0 aromatic carbocycles. The third kappa shape index (κ3) is 4.19. The Morgan fingerprint density at radius 1 is 1.24 bits per heavy atom. The number of carbonyl (C=O) groups is 1. The molecule has 4 nitrogen and oxygen atoms in total. The molecule has 21 heavy (non-hydrogen) atoms. The summed E-state index contributed by atoms with van der Waals surface area (Å²) >= 11 is 0. The Bertz CT molecular complexity index is 337. The van der Waals surface area contributed by atoms with Crippen LogP contribution in [0.1, 0.15) is 52.9 Å². The zero-order valence-corrected chi connectivity index (χ0v) is 14.3. The summed E-state index contributed by atoms with van der Waals surface area (Å²) in [5, 5.41) is 3.55. The van der Waals surface area contributed by atoms with Crippen molar-refractivity contribution in [3.63, 3.8) is 0 Å². The predicted octanol–water partition coefficient (Wildman–Crippen LogP) is 2.30. The standard InChI is InChI=1S/C17H33N3O/c1-5-6-15-17(21)20(16(18-15)13(2)3)12-9-14-7-10-19(4)11-8-14/h13-16,18H,5-12H2,1-4H3. The van der Waals surface area contributed by atoms with E-state index in [0.29, 0.717) is 11.8 Å². The number of nitrogens with zero attached hydrogens (tertiary/aromatic N) is 2. The maximum absolute atomic E-state index is 12.6. The van der Waals surface area contributed by atoms with Crippen molar-refractivity contribution in [3.05, 3.63) is 0 Å². The molecule has 4 heteroatoms. The average molecular weight is 295 g/mol. The number of likely N-dealkylation sites (tertiary alicyclic amines) is 1. The van der Waals surface area contributed by atoms with Gasteiger partial charge in [0.1, 0.15) is 0 Å². The topological polar surface area (TPSA) is 35.6 Å². The van der Waals surface area contributed by atoms with Crippen molar-refractivity contribution in [1.29, 1.82) is 0 Å². The van der Waals surface area contributed by atoms with Crippen LogP contribution in [0.5, 0.6) is 0 Å². The summed E-state index contributed by atoms with van der Waals surface area (Å²) in [7, 11) is 2.20. The van der Waals surface area contributed by atoms with E-state index >= 15 is 0 Å². The van der Waals surface area contributed by atoms with Crippen molar-refractivity contribution >= 4 is 5.91 Å². The van der Waals surface area contributed by atoms with E-state index in [1.165, 1.54) is 32.4 Å². The molecule has 0 radical (unpaired) electrons. The zero-order chi connectivity index (χ0) is 15.4. The van der Waals surface area contributed by atoms with E-state index in [1.807, 2.05) is 0 Å². The van der Waals surface area contributed by atoms with Crippen molar-refractivity contribution in [3.8, 4) is 0 Å². The lowest BCUT2D eigenvalue weighted by Gasteiger charge is -2.32. The molecule has 0 aliphatic carbocycles. The molecule has 2 saturated heterocycles. The maximum atomic E-state index is 12.6. The van der Waals surface area contributed by atoms with E-state index < -0.39 is 0 Å². The molecule has 122 valence electrons. The Morgan fingerprint density at radius 3 is 2.48 bits per heavy atom. The van der Waals surface area contributed by atoms with Gasteiger partial charge in [-0.2, -0.15) is 0 Å². The van der Waals surface area contributed by atoms with Crippen LogP contribution < -0.4 is 5.32 Å². The largest absolute Gasteiger partial charge is 0.326 e. The molecule has 2 fully saturated rings. The first-order valence-corrected chi connectivity index (χ1v) is 8.78. The highest BCUT2D eigenvalue weighted by Gasteiger charge is 2.39. The van der Waals surface area contributed by atoms with Gasteiger partial charge >= 0.3 is 0 Å². The van der Waals surface area contributed by atoms with Crippen molar-refractivity contribution < 1.29 is 4.79 Å². The number of nitrogens with one attached hydrogen (secondary N) is 1. The normalized spacial score (nSPS) is 28.8. The number of hydrogen-bond acceptors (Lipinski definition) is 3. The number of hydrogen-bond donors (Lipinski definition) is 1. The summed E-state index contributed by atoms with van der Waals surface area (Å²) in [5.74, 6) is 1.61. The first kappa shape index (κ1) is 16.8. The van der Waals surface area contributed by atoms with Gasteiger partial charge in [-0.3, -0.25) is 10.1 Å². The third-order valence-electron chi connectivity index (χ3n) is 5.11. The molecule has 1 amide bonds. The molecular weight excluding hydrogens is 262 g/mol. The van der Waals surface area contributed by atoms with Crippen LogP contribution in [0.2, 0.25) is 0 Å². The zero-order valence-electron chi connectivity index (χ0n) is 14.3. The van der Waals surface area contributed by atoms with E-state index in [2.05, 4.69) is 42.9 Å². The molecule has 2 aliphatic heterocycles. The lowest BCUT2D eigenvalue weighted by atomic mass is 9.93. The Hall–Kier alpha value is -0.610. The van der Waals surface area contributed by atoms with Crippen molar-refractivity contribution in [2.75, 3.05) is 26.7 Å². The van der Waals surface area contributed by atoms with Gasteiger partial charge in [0.05, 0.1) is 12.2 Å². The highest BCUT2D eigenvalue weighted by Crippen LogP contribution is 2.24. The summed E-state index contributed by atoms with van der Waals surface area (Å²) in [6.07, 6.45) is 6.01. The molecule has 0 aromatic heterocycles. The molecular formula is C17H33N3O. The summed E-state index contributed by atoms with van der Waals surface area (Å²) < 4.78 is 0. The van der Waals surface area contributed by atoms with Crippen LogP contribution in [0.15, 0.2) is 0 Å².